The predicted octanol–water partition coefficient (Wildman–Crippen LogP) is -0.160. The molecule has 2 atom stereocenters. The van der Waals surface area contributed by atoms with Crippen LogP contribution in [-0.4, -0.2) is 41.2 Å². The van der Waals surface area contributed by atoms with Crippen molar-refractivity contribution in [1.82, 2.24) is 10.3 Å². The van der Waals surface area contributed by atoms with Gasteiger partial charge in [-0.3, -0.25) is 14.6 Å². The first-order valence-corrected chi connectivity index (χ1v) is 5.65. The monoisotopic (exact) mass is 250 g/mol. The van der Waals surface area contributed by atoms with E-state index >= 15 is 0 Å². The minimum atomic E-state index is -0.945. The maximum atomic E-state index is 11.7. The number of hydrogen-bond donors (Lipinski definition) is 2. The molecule has 0 aliphatic carbocycles. The highest BCUT2D eigenvalue weighted by Gasteiger charge is 2.34. The van der Waals surface area contributed by atoms with Gasteiger partial charge in [0.05, 0.1) is 25.7 Å². The van der Waals surface area contributed by atoms with E-state index in [0.717, 1.165) is 5.56 Å². The first-order chi connectivity index (χ1) is 8.66. The largest absolute Gasteiger partial charge is 0.481 e. The van der Waals surface area contributed by atoms with Crippen molar-refractivity contribution >= 4 is 11.9 Å². The maximum absolute atomic E-state index is 11.7. The number of pyridine rings is 1. The Morgan fingerprint density at radius 2 is 2.33 bits per heavy atom. The Morgan fingerprint density at radius 3 is 3.00 bits per heavy atom. The minimum absolute atomic E-state index is 0.146. The van der Waals surface area contributed by atoms with E-state index in [-0.39, 0.29) is 25.5 Å². The zero-order chi connectivity index (χ0) is 13.0. The fourth-order valence-corrected chi connectivity index (χ4v) is 1.89. The summed E-state index contributed by atoms with van der Waals surface area (Å²) in [7, 11) is 0. The molecule has 6 nitrogen and oxygen atoms in total. The van der Waals surface area contributed by atoms with Crippen LogP contribution in [-0.2, 0) is 20.7 Å². The minimum Gasteiger partial charge on any atom is -0.481 e. The molecule has 1 aromatic rings. The summed E-state index contributed by atoms with van der Waals surface area (Å²) in [6, 6.07) is 3.10. The molecule has 0 radical (unpaired) electrons. The summed E-state index contributed by atoms with van der Waals surface area (Å²) >= 11 is 0. The third-order valence-electron chi connectivity index (χ3n) is 2.83. The van der Waals surface area contributed by atoms with Crippen LogP contribution in [0.3, 0.4) is 0 Å². The average Bonchev–Trinajstić information content (AvgIpc) is 2.78. The number of nitrogens with one attached hydrogen (secondary N) is 1. The number of nitrogens with zero attached hydrogens (tertiary/aromatic N) is 1. The molecule has 0 bridgehead atoms. The lowest BCUT2D eigenvalue weighted by Gasteiger charge is -2.15. The highest BCUT2D eigenvalue weighted by molar-refractivity contribution is 5.80. The van der Waals surface area contributed by atoms with Gasteiger partial charge in [0.2, 0.25) is 5.91 Å². The van der Waals surface area contributed by atoms with Gasteiger partial charge in [-0.2, -0.15) is 0 Å². The number of aromatic nitrogens is 1. The van der Waals surface area contributed by atoms with E-state index < -0.39 is 17.9 Å². The Bertz CT molecular complexity index is 435. The van der Waals surface area contributed by atoms with E-state index in [1.54, 1.807) is 24.5 Å². The van der Waals surface area contributed by atoms with Gasteiger partial charge in [-0.25, -0.2) is 0 Å². The summed E-state index contributed by atoms with van der Waals surface area (Å²) in [4.78, 5) is 26.6. The molecule has 96 valence electrons. The Balaban J connectivity index is 1.90. The summed E-state index contributed by atoms with van der Waals surface area (Å²) in [6.07, 6.45) is 3.43. The second kappa shape index (κ2) is 5.59. The molecule has 1 fully saturated rings. The van der Waals surface area contributed by atoms with Gasteiger partial charge in [-0.05, 0) is 11.6 Å². The van der Waals surface area contributed by atoms with Gasteiger partial charge in [0.15, 0.2) is 0 Å². The van der Waals surface area contributed by atoms with Crippen LogP contribution in [0.1, 0.15) is 5.56 Å². The molecule has 2 heterocycles. The first kappa shape index (κ1) is 12.5. The second-order valence-corrected chi connectivity index (χ2v) is 4.19. The number of ether oxygens (including phenoxy) is 1. The molecule has 6 heteroatoms. The normalized spacial score (nSPS) is 22.7. The van der Waals surface area contributed by atoms with Gasteiger partial charge in [-0.15, -0.1) is 0 Å². The van der Waals surface area contributed by atoms with E-state index in [9.17, 15) is 9.59 Å². The third-order valence-corrected chi connectivity index (χ3v) is 2.83. The van der Waals surface area contributed by atoms with Crippen molar-refractivity contribution in [3.63, 3.8) is 0 Å². The van der Waals surface area contributed by atoms with Gasteiger partial charge in [0.25, 0.3) is 0 Å². The maximum Gasteiger partial charge on any atom is 0.311 e. The van der Waals surface area contributed by atoms with E-state index in [1.165, 1.54) is 0 Å². The first-order valence-electron chi connectivity index (χ1n) is 5.65. The number of carboxylic acid groups (broad SMARTS) is 1. The molecule has 1 amide bonds. The van der Waals surface area contributed by atoms with Gasteiger partial charge < -0.3 is 15.2 Å². The lowest BCUT2D eigenvalue weighted by molar-refractivity contribution is -0.142. The van der Waals surface area contributed by atoms with Crippen LogP contribution in [0.15, 0.2) is 24.5 Å². The Kier molecular flexibility index (Phi) is 3.88. The molecule has 1 aliphatic heterocycles. The third kappa shape index (κ3) is 3.04. The van der Waals surface area contributed by atoms with Crippen molar-refractivity contribution < 1.29 is 19.4 Å². The molecular weight excluding hydrogens is 236 g/mol. The smallest absolute Gasteiger partial charge is 0.311 e. The molecule has 0 spiro atoms. The van der Waals surface area contributed by atoms with Crippen molar-refractivity contribution in [3.8, 4) is 0 Å². The zero-order valence-corrected chi connectivity index (χ0v) is 9.70. The van der Waals surface area contributed by atoms with Gasteiger partial charge in [0, 0.05) is 12.4 Å². The van der Waals surface area contributed by atoms with Crippen LogP contribution in [0.4, 0.5) is 0 Å². The number of carbonyl (C=O) groups is 2. The number of carboxylic acids is 1. The molecule has 1 aliphatic rings. The van der Waals surface area contributed by atoms with E-state index in [1.807, 2.05) is 0 Å². The Hall–Kier alpha value is -1.95. The van der Waals surface area contributed by atoms with Crippen LogP contribution in [0.2, 0.25) is 0 Å². The van der Waals surface area contributed by atoms with Crippen molar-refractivity contribution in [2.75, 3.05) is 13.2 Å². The molecular formula is C12H14N2O4. The summed E-state index contributed by atoms with van der Waals surface area (Å²) in [5.74, 6) is -1.83. The number of amides is 1. The second-order valence-electron chi connectivity index (χ2n) is 4.19. The van der Waals surface area contributed by atoms with Crippen molar-refractivity contribution in [3.05, 3.63) is 30.1 Å². The van der Waals surface area contributed by atoms with E-state index in [0.29, 0.717) is 0 Å². The predicted molar refractivity (Wildman–Crippen MR) is 61.8 cm³/mol. The number of rotatable bonds is 4. The van der Waals surface area contributed by atoms with Crippen LogP contribution in [0.5, 0.6) is 0 Å². The molecule has 2 unspecified atom stereocenters. The molecule has 0 saturated carbocycles. The van der Waals surface area contributed by atoms with Gasteiger partial charge >= 0.3 is 5.97 Å². The molecule has 0 aromatic carbocycles. The SMILES string of the molecule is O=C(Cc1cccnc1)NC1COCC1C(=O)O. The number of carbonyl (C=O) groups excluding carboxylic acids is 1. The Labute approximate surface area is 104 Å². The fourth-order valence-electron chi connectivity index (χ4n) is 1.89. The van der Waals surface area contributed by atoms with E-state index in [2.05, 4.69) is 10.3 Å². The van der Waals surface area contributed by atoms with Crippen molar-refractivity contribution in [1.29, 1.82) is 0 Å². The molecule has 2 N–H and O–H groups in total. The molecule has 2 rings (SSSR count). The highest BCUT2D eigenvalue weighted by atomic mass is 16.5. The van der Waals surface area contributed by atoms with Crippen LogP contribution in [0.25, 0.3) is 0 Å². The quantitative estimate of drug-likeness (QED) is 0.775. The van der Waals surface area contributed by atoms with Crippen LogP contribution < -0.4 is 5.32 Å². The van der Waals surface area contributed by atoms with Gasteiger partial charge in [0.1, 0.15) is 5.92 Å². The summed E-state index contributed by atoms with van der Waals surface area (Å²) in [5, 5.41) is 11.6. The molecule has 1 aromatic heterocycles. The van der Waals surface area contributed by atoms with E-state index in [4.69, 9.17) is 9.84 Å². The summed E-state index contributed by atoms with van der Waals surface area (Å²) in [6.45, 7) is 0.392. The standard InChI is InChI=1S/C12H14N2O4/c15-11(4-8-2-1-3-13-5-8)14-10-7-18-6-9(10)12(16)17/h1-3,5,9-10H,4,6-7H2,(H,14,15)(H,16,17). The topological polar surface area (TPSA) is 88.5 Å². The van der Waals surface area contributed by atoms with Gasteiger partial charge in [-0.1, -0.05) is 6.07 Å². The van der Waals surface area contributed by atoms with Crippen LogP contribution >= 0.6 is 0 Å². The Morgan fingerprint density at radius 1 is 1.50 bits per heavy atom. The highest BCUT2D eigenvalue weighted by Crippen LogP contribution is 2.14. The molecule has 18 heavy (non-hydrogen) atoms. The van der Waals surface area contributed by atoms with Crippen molar-refractivity contribution in [2.24, 2.45) is 5.92 Å². The summed E-state index contributed by atoms with van der Waals surface area (Å²) < 4.78 is 5.07. The summed E-state index contributed by atoms with van der Waals surface area (Å²) in [5.41, 5.74) is 0.792. The lowest BCUT2D eigenvalue weighted by atomic mass is 10.0. The number of aliphatic carboxylic acids is 1. The molecule has 1 saturated heterocycles. The van der Waals surface area contributed by atoms with Crippen molar-refractivity contribution in [2.45, 2.75) is 12.5 Å². The fraction of sp³-hybridized carbons (Fsp3) is 0.417. The number of hydrogen-bond acceptors (Lipinski definition) is 4. The lowest BCUT2D eigenvalue weighted by Crippen LogP contribution is -2.43. The van der Waals surface area contributed by atoms with Crippen LogP contribution in [0, 0.1) is 5.92 Å². The zero-order valence-electron chi connectivity index (χ0n) is 9.70. The average molecular weight is 250 g/mol.